The Morgan fingerprint density at radius 2 is 1.62 bits per heavy atom. The zero-order valence-corrected chi connectivity index (χ0v) is 19.7. The number of para-hydroxylation sites is 3. The Morgan fingerprint density at radius 3 is 2.31 bits per heavy atom. The molecule has 1 aliphatic heterocycles. The Labute approximate surface area is 192 Å². The summed E-state index contributed by atoms with van der Waals surface area (Å²) in [6.45, 7) is 11.6. The van der Waals surface area contributed by atoms with Crippen LogP contribution in [0.4, 0.5) is 11.4 Å². The van der Waals surface area contributed by atoms with Gasteiger partial charge in [-0.25, -0.2) is 9.48 Å². The fourth-order valence-electron chi connectivity index (χ4n) is 4.32. The molecule has 0 saturated carbocycles. The van der Waals surface area contributed by atoms with Crippen molar-refractivity contribution in [3.63, 3.8) is 0 Å². The van der Waals surface area contributed by atoms with Crippen LogP contribution in [0.2, 0.25) is 0 Å². The highest BCUT2D eigenvalue weighted by Gasteiger charge is 2.29. The fraction of sp³-hybridized carbons (Fsp3) is 0.357. The van der Waals surface area contributed by atoms with E-state index >= 15 is 0 Å². The predicted molar refractivity (Wildman–Crippen MR) is 133 cm³/mol. The van der Waals surface area contributed by atoms with Crippen molar-refractivity contribution >= 4 is 17.7 Å². The second-order valence-electron chi connectivity index (χ2n) is 8.98. The minimum Gasteiger partial charge on any atom is -0.489 e. The third-order valence-electron chi connectivity index (χ3n) is 6.01. The predicted octanol–water partition coefficient (Wildman–Crippen LogP) is 6.14. The van der Waals surface area contributed by atoms with E-state index in [9.17, 15) is 0 Å². The molecule has 166 valence electrons. The second kappa shape index (κ2) is 9.99. The summed E-state index contributed by atoms with van der Waals surface area (Å²) in [7, 11) is 0. The average Bonchev–Trinajstić information content (AvgIpc) is 3.29. The number of pyridine rings is 1. The Bertz CT molecular complexity index is 1050. The summed E-state index contributed by atoms with van der Waals surface area (Å²) in [5.41, 5.74) is 6.36. The maximum atomic E-state index is 6.20. The van der Waals surface area contributed by atoms with Gasteiger partial charge in [0.15, 0.2) is 11.4 Å². The highest BCUT2D eigenvalue weighted by molar-refractivity contribution is 5.81. The molecule has 1 aromatic heterocycles. The molecule has 0 N–H and O–H groups in total. The van der Waals surface area contributed by atoms with Crippen LogP contribution in [0.1, 0.15) is 56.4 Å². The Balaban J connectivity index is 1.58. The maximum Gasteiger partial charge on any atom is 0.244 e. The molecular weight excluding hydrogens is 394 g/mol. The molecule has 4 rings (SSSR count). The van der Waals surface area contributed by atoms with E-state index in [2.05, 4.69) is 84.9 Å². The van der Waals surface area contributed by atoms with Gasteiger partial charge in [0, 0.05) is 29.4 Å². The summed E-state index contributed by atoms with van der Waals surface area (Å²) < 4.78 is 8.62. The highest BCUT2D eigenvalue weighted by Crippen LogP contribution is 2.36. The molecule has 2 heterocycles. The lowest BCUT2D eigenvalue weighted by Crippen LogP contribution is -2.19. The number of benzene rings is 2. The molecule has 0 unspecified atom stereocenters. The molecular formula is C28H34N3O+. The van der Waals surface area contributed by atoms with Crippen LogP contribution in [0.25, 0.3) is 0 Å². The molecule has 32 heavy (non-hydrogen) atoms. The van der Waals surface area contributed by atoms with Crippen LogP contribution in [0, 0.1) is 0 Å². The Hall–Kier alpha value is -3.14. The monoisotopic (exact) mass is 428 g/mol. The lowest BCUT2D eigenvalue weighted by Gasteiger charge is -2.17. The smallest absolute Gasteiger partial charge is 0.244 e. The van der Waals surface area contributed by atoms with Crippen LogP contribution in [0.3, 0.4) is 0 Å². The first kappa shape index (κ1) is 22.1. The van der Waals surface area contributed by atoms with Crippen molar-refractivity contribution in [2.24, 2.45) is 0 Å². The molecule has 0 aliphatic carbocycles. The number of nitrogens with zero attached hydrogens (tertiary/aromatic N) is 3. The summed E-state index contributed by atoms with van der Waals surface area (Å²) in [4.78, 5) is 6.71. The van der Waals surface area contributed by atoms with E-state index in [1.165, 1.54) is 16.8 Å². The van der Waals surface area contributed by atoms with Gasteiger partial charge in [-0.2, -0.15) is 0 Å². The fourth-order valence-corrected chi connectivity index (χ4v) is 4.32. The van der Waals surface area contributed by atoms with Crippen molar-refractivity contribution in [3.05, 3.63) is 83.7 Å². The summed E-state index contributed by atoms with van der Waals surface area (Å²) in [5, 5.41) is 0. The van der Waals surface area contributed by atoms with Crippen molar-refractivity contribution < 1.29 is 9.31 Å². The Kier molecular flexibility index (Phi) is 6.89. The first-order valence-corrected chi connectivity index (χ1v) is 11.7. The Morgan fingerprint density at radius 1 is 0.906 bits per heavy atom. The van der Waals surface area contributed by atoms with Crippen molar-refractivity contribution in [3.8, 4) is 5.75 Å². The average molecular weight is 429 g/mol. The van der Waals surface area contributed by atoms with Gasteiger partial charge < -0.3 is 4.74 Å². The molecule has 0 atom stereocenters. The number of aromatic nitrogens is 1. The lowest BCUT2D eigenvalue weighted by atomic mass is 9.92. The van der Waals surface area contributed by atoms with E-state index in [0.29, 0.717) is 18.4 Å². The third kappa shape index (κ3) is 4.85. The SMILES string of the molecule is CC(C)c1cccc(C(C)C)c1[N+]1=CN(c2ccccc2OCCc2ccccn2)CC1. The number of rotatable bonds is 8. The van der Waals surface area contributed by atoms with Gasteiger partial charge in [0.25, 0.3) is 0 Å². The van der Waals surface area contributed by atoms with E-state index in [0.717, 1.165) is 36.6 Å². The molecule has 2 aromatic carbocycles. The quantitative estimate of drug-likeness (QED) is 0.403. The summed E-state index contributed by atoms with van der Waals surface area (Å²) in [6.07, 6.45) is 4.88. The van der Waals surface area contributed by atoms with Gasteiger partial charge >= 0.3 is 0 Å². The molecule has 3 aromatic rings. The first-order valence-electron chi connectivity index (χ1n) is 11.7. The topological polar surface area (TPSA) is 28.4 Å². The van der Waals surface area contributed by atoms with E-state index in [4.69, 9.17) is 4.74 Å². The van der Waals surface area contributed by atoms with Gasteiger partial charge in [-0.05, 0) is 36.1 Å². The minimum absolute atomic E-state index is 0.480. The van der Waals surface area contributed by atoms with E-state index in [-0.39, 0.29) is 0 Å². The van der Waals surface area contributed by atoms with Gasteiger partial charge in [-0.15, -0.1) is 0 Å². The molecule has 0 fully saturated rings. The zero-order valence-electron chi connectivity index (χ0n) is 19.7. The molecule has 4 nitrogen and oxygen atoms in total. The van der Waals surface area contributed by atoms with Crippen molar-refractivity contribution in [1.82, 2.24) is 4.98 Å². The summed E-state index contributed by atoms with van der Waals surface area (Å²) in [5.74, 6) is 1.88. The zero-order chi connectivity index (χ0) is 22.5. The minimum atomic E-state index is 0.480. The molecule has 4 heteroatoms. The van der Waals surface area contributed by atoms with Gasteiger partial charge in [-0.1, -0.05) is 64.1 Å². The van der Waals surface area contributed by atoms with Gasteiger partial charge in [-0.3, -0.25) is 4.98 Å². The first-order chi connectivity index (χ1) is 15.5. The molecule has 0 amide bonds. The number of hydrogen-bond donors (Lipinski definition) is 0. The summed E-state index contributed by atoms with van der Waals surface area (Å²) >= 11 is 0. The van der Waals surface area contributed by atoms with Crippen molar-refractivity contribution in [2.45, 2.75) is 46.0 Å². The number of ether oxygens (including phenoxy) is 1. The molecule has 0 radical (unpaired) electrons. The summed E-state index contributed by atoms with van der Waals surface area (Å²) in [6, 6.07) is 21.1. The lowest BCUT2D eigenvalue weighted by molar-refractivity contribution is -0.425. The number of anilines is 1. The van der Waals surface area contributed by atoms with Crippen molar-refractivity contribution in [1.29, 1.82) is 0 Å². The van der Waals surface area contributed by atoms with Crippen LogP contribution >= 0.6 is 0 Å². The third-order valence-corrected chi connectivity index (χ3v) is 6.01. The van der Waals surface area contributed by atoms with E-state index in [1.54, 1.807) is 0 Å². The molecule has 0 bridgehead atoms. The van der Waals surface area contributed by atoms with Gasteiger partial charge in [0.1, 0.15) is 18.8 Å². The second-order valence-corrected chi connectivity index (χ2v) is 8.98. The molecule has 0 saturated heterocycles. The largest absolute Gasteiger partial charge is 0.489 e. The standard InChI is InChI=1S/C28H34N3O/c1-21(2)24-11-9-12-25(22(3)4)28(24)31-18-17-30(20-31)26-13-5-6-14-27(26)32-19-15-23-10-7-8-16-29-23/h5-14,16,20-22H,15,17-19H2,1-4H3/q+1. The maximum absolute atomic E-state index is 6.20. The number of hydrogen-bond acceptors (Lipinski definition) is 3. The molecule has 1 aliphatic rings. The van der Waals surface area contributed by atoms with Gasteiger partial charge in [0.2, 0.25) is 6.34 Å². The highest BCUT2D eigenvalue weighted by atomic mass is 16.5. The normalized spacial score (nSPS) is 13.7. The van der Waals surface area contributed by atoms with Crippen LogP contribution in [-0.2, 0) is 6.42 Å². The van der Waals surface area contributed by atoms with Crippen molar-refractivity contribution in [2.75, 3.05) is 24.6 Å². The molecule has 0 spiro atoms. The van der Waals surface area contributed by atoms with E-state index < -0.39 is 0 Å². The van der Waals surface area contributed by atoms with E-state index in [1.807, 2.05) is 30.5 Å². The van der Waals surface area contributed by atoms with Gasteiger partial charge in [0.05, 0.1) is 6.61 Å². The van der Waals surface area contributed by atoms with Crippen LogP contribution in [-0.4, -0.2) is 35.6 Å². The van der Waals surface area contributed by atoms with Crippen LogP contribution < -0.4 is 9.64 Å². The van der Waals surface area contributed by atoms with Crippen LogP contribution in [0.15, 0.2) is 66.9 Å². The van der Waals surface area contributed by atoms with Crippen LogP contribution in [0.5, 0.6) is 5.75 Å².